The molecule has 0 saturated carbocycles. The van der Waals surface area contributed by atoms with Gasteiger partial charge in [0.15, 0.2) is 0 Å². The average molecular weight is 280 g/mol. The van der Waals surface area contributed by atoms with E-state index in [-0.39, 0.29) is 0 Å². The smallest absolute Gasteiger partial charge is 0.173 e. The summed E-state index contributed by atoms with van der Waals surface area (Å²) in [5.41, 5.74) is 2.31. The molecule has 0 amide bonds. The van der Waals surface area contributed by atoms with E-state index in [2.05, 4.69) is 8.75 Å². The van der Waals surface area contributed by atoms with Crippen LogP contribution in [0.15, 0.2) is 42.5 Å². The Bertz CT molecular complexity index is 717. The molecule has 19 heavy (non-hydrogen) atoms. The number of halogens is 3. The van der Waals surface area contributed by atoms with Crippen molar-refractivity contribution in [1.29, 1.82) is 0 Å². The molecule has 3 aromatic rings. The first-order chi connectivity index (χ1) is 9.05. The molecule has 0 radical (unpaired) electrons. The van der Waals surface area contributed by atoms with Gasteiger partial charge in [0.25, 0.3) is 0 Å². The predicted octanol–water partition coefficient (Wildman–Crippen LogP) is 4.38. The topological polar surface area (TPSA) is 25.8 Å². The summed E-state index contributed by atoms with van der Waals surface area (Å²) in [6.07, 6.45) is -4.31. The minimum atomic E-state index is -4.31. The molecule has 0 fully saturated rings. The zero-order valence-corrected chi connectivity index (χ0v) is 10.3. The maximum Gasteiger partial charge on any atom is 0.416 e. The molecule has 1 aromatic heterocycles. The summed E-state index contributed by atoms with van der Waals surface area (Å²) in [4.78, 5) is 0. The Morgan fingerprint density at radius 2 is 1.63 bits per heavy atom. The van der Waals surface area contributed by atoms with E-state index in [1.54, 1.807) is 0 Å². The van der Waals surface area contributed by atoms with Crippen molar-refractivity contribution in [3.05, 3.63) is 48.0 Å². The molecule has 3 rings (SSSR count). The molecule has 6 heteroatoms. The van der Waals surface area contributed by atoms with Gasteiger partial charge in [0.2, 0.25) is 0 Å². The minimum absolute atomic E-state index is 0.653. The van der Waals surface area contributed by atoms with Crippen LogP contribution < -0.4 is 0 Å². The summed E-state index contributed by atoms with van der Waals surface area (Å²) >= 11 is 1.09. The van der Waals surface area contributed by atoms with Crippen LogP contribution in [0.4, 0.5) is 13.2 Å². The zero-order valence-electron chi connectivity index (χ0n) is 9.48. The van der Waals surface area contributed by atoms with Crippen molar-refractivity contribution in [1.82, 2.24) is 8.75 Å². The third kappa shape index (κ3) is 2.19. The van der Waals surface area contributed by atoms with Gasteiger partial charge in [-0.15, -0.1) is 0 Å². The maximum absolute atomic E-state index is 12.5. The Hall–Kier alpha value is -1.95. The fourth-order valence-electron chi connectivity index (χ4n) is 1.88. The fourth-order valence-corrected chi connectivity index (χ4v) is 2.43. The third-order valence-electron chi connectivity index (χ3n) is 2.81. The van der Waals surface area contributed by atoms with Gasteiger partial charge in [0, 0.05) is 5.56 Å². The lowest BCUT2D eigenvalue weighted by Gasteiger charge is -2.07. The Morgan fingerprint density at radius 1 is 0.895 bits per heavy atom. The molecular formula is C13H7F3N2S. The molecule has 2 nitrogen and oxygen atoms in total. The number of fused-ring (bicyclic) bond motifs is 1. The second kappa shape index (κ2) is 4.31. The normalized spacial score (nSPS) is 11.9. The highest BCUT2D eigenvalue weighted by molar-refractivity contribution is 7.00. The molecule has 0 unspecified atom stereocenters. The van der Waals surface area contributed by atoms with Crippen LogP contribution in [0.25, 0.3) is 22.2 Å². The van der Waals surface area contributed by atoms with Crippen molar-refractivity contribution in [3.63, 3.8) is 0 Å². The first-order valence-corrected chi connectivity index (χ1v) is 6.17. The second-order valence-corrected chi connectivity index (χ2v) is 4.54. The lowest BCUT2D eigenvalue weighted by molar-refractivity contribution is -0.137. The van der Waals surface area contributed by atoms with Crippen molar-refractivity contribution >= 4 is 22.8 Å². The maximum atomic E-state index is 12.5. The number of hydrogen-bond acceptors (Lipinski definition) is 3. The van der Waals surface area contributed by atoms with E-state index in [1.807, 2.05) is 18.2 Å². The zero-order chi connectivity index (χ0) is 13.5. The van der Waals surface area contributed by atoms with Gasteiger partial charge in [-0.25, -0.2) is 0 Å². The summed E-state index contributed by atoms with van der Waals surface area (Å²) < 4.78 is 45.8. The molecular weight excluding hydrogens is 273 g/mol. The summed E-state index contributed by atoms with van der Waals surface area (Å²) in [5, 5.41) is 0. The van der Waals surface area contributed by atoms with Crippen LogP contribution in [-0.2, 0) is 6.18 Å². The Morgan fingerprint density at radius 3 is 2.32 bits per heavy atom. The average Bonchev–Trinajstić information content (AvgIpc) is 2.86. The first-order valence-electron chi connectivity index (χ1n) is 5.44. The molecule has 0 saturated heterocycles. The van der Waals surface area contributed by atoms with Gasteiger partial charge in [0.1, 0.15) is 11.0 Å². The minimum Gasteiger partial charge on any atom is -0.173 e. The molecule has 0 aliphatic heterocycles. The standard InChI is InChI=1S/C13H7F3N2S/c14-13(15,16)9-6-4-8(5-7-9)10-2-1-3-11-12(10)18-19-17-11/h1-7H. The molecule has 0 bridgehead atoms. The van der Waals surface area contributed by atoms with Crippen LogP contribution >= 0.6 is 11.7 Å². The highest BCUT2D eigenvalue weighted by Gasteiger charge is 2.30. The van der Waals surface area contributed by atoms with Gasteiger partial charge in [-0.2, -0.15) is 21.9 Å². The molecule has 0 atom stereocenters. The van der Waals surface area contributed by atoms with Gasteiger partial charge in [-0.05, 0) is 23.8 Å². The Kier molecular flexibility index (Phi) is 2.74. The summed E-state index contributed by atoms with van der Waals surface area (Å²) in [7, 11) is 0. The van der Waals surface area contributed by atoms with E-state index in [1.165, 1.54) is 12.1 Å². The number of benzene rings is 2. The van der Waals surface area contributed by atoms with Gasteiger partial charge < -0.3 is 0 Å². The van der Waals surface area contributed by atoms with Gasteiger partial charge in [-0.3, -0.25) is 0 Å². The molecule has 0 spiro atoms. The highest BCUT2D eigenvalue weighted by Crippen LogP contribution is 2.32. The second-order valence-electron chi connectivity index (χ2n) is 4.01. The van der Waals surface area contributed by atoms with Crippen LogP contribution in [0.3, 0.4) is 0 Å². The summed E-state index contributed by atoms with van der Waals surface area (Å²) in [5.74, 6) is 0. The van der Waals surface area contributed by atoms with E-state index in [4.69, 9.17) is 0 Å². The van der Waals surface area contributed by atoms with Crippen molar-refractivity contribution < 1.29 is 13.2 Å². The Labute approximate surface area is 110 Å². The van der Waals surface area contributed by atoms with Crippen LogP contribution in [0.2, 0.25) is 0 Å². The van der Waals surface area contributed by atoms with E-state index in [0.717, 1.165) is 34.9 Å². The highest BCUT2D eigenvalue weighted by atomic mass is 32.1. The molecule has 0 aliphatic carbocycles. The Balaban J connectivity index is 2.10. The molecule has 0 aliphatic rings. The van der Waals surface area contributed by atoms with Crippen molar-refractivity contribution in [3.8, 4) is 11.1 Å². The largest absolute Gasteiger partial charge is 0.416 e. The van der Waals surface area contributed by atoms with Gasteiger partial charge in [-0.1, -0.05) is 24.3 Å². The number of hydrogen-bond donors (Lipinski definition) is 0. The van der Waals surface area contributed by atoms with Crippen molar-refractivity contribution in [2.45, 2.75) is 6.18 Å². The van der Waals surface area contributed by atoms with E-state index >= 15 is 0 Å². The van der Waals surface area contributed by atoms with Crippen LogP contribution in [0.5, 0.6) is 0 Å². The van der Waals surface area contributed by atoms with E-state index in [0.29, 0.717) is 11.1 Å². The van der Waals surface area contributed by atoms with Crippen LogP contribution in [0, 0.1) is 0 Å². The monoisotopic (exact) mass is 280 g/mol. The summed E-state index contributed by atoms with van der Waals surface area (Å²) in [6.45, 7) is 0. The lowest BCUT2D eigenvalue weighted by atomic mass is 10.0. The fraction of sp³-hybridized carbons (Fsp3) is 0.0769. The van der Waals surface area contributed by atoms with Crippen LogP contribution in [-0.4, -0.2) is 8.75 Å². The molecule has 1 heterocycles. The van der Waals surface area contributed by atoms with Gasteiger partial charge >= 0.3 is 6.18 Å². The predicted molar refractivity (Wildman–Crippen MR) is 67.9 cm³/mol. The lowest BCUT2D eigenvalue weighted by Crippen LogP contribution is -2.03. The molecule has 96 valence electrons. The number of nitrogens with zero attached hydrogens (tertiary/aromatic N) is 2. The SMILES string of the molecule is FC(F)(F)c1ccc(-c2cccc3nsnc23)cc1. The summed E-state index contributed by atoms with van der Waals surface area (Å²) in [6, 6.07) is 10.5. The third-order valence-corrected chi connectivity index (χ3v) is 3.35. The molecule has 2 aromatic carbocycles. The number of aromatic nitrogens is 2. The first kappa shape index (κ1) is 12.1. The number of alkyl halides is 3. The van der Waals surface area contributed by atoms with E-state index in [9.17, 15) is 13.2 Å². The van der Waals surface area contributed by atoms with Crippen molar-refractivity contribution in [2.75, 3.05) is 0 Å². The van der Waals surface area contributed by atoms with Crippen LogP contribution in [0.1, 0.15) is 5.56 Å². The number of rotatable bonds is 1. The van der Waals surface area contributed by atoms with E-state index < -0.39 is 11.7 Å². The van der Waals surface area contributed by atoms with Gasteiger partial charge in [0.05, 0.1) is 17.3 Å². The molecule has 0 N–H and O–H groups in total. The quantitative estimate of drug-likeness (QED) is 0.661. The van der Waals surface area contributed by atoms with Crippen molar-refractivity contribution in [2.24, 2.45) is 0 Å².